The first-order valence-electron chi connectivity index (χ1n) is 6.85. The van der Waals surface area contributed by atoms with Gasteiger partial charge in [-0.15, -0.1) is 0 Å². The molecule has 0 atom stereocenters. The summed E-state index contributed by atoms with van der Waals surface area (Å²) in [4.78, 5) is 20.5. The molecule has 0 aliphatic carbocycles. The monoisotopic (exact) mass is 301 g/mol. The van der Waals surface area contributed by atoms with Gasteiger partial charge in [0.05, 0.1) is 37.7 Å². The first-order valence-corrected chi connectivity index (χ1v) is 6.85. The minimum Gasteiger partial charge on any atom is -0.497 e. The number of carbonyl (C=O) groups excluding carboxylic acids is 1. The summed E-state index contributed by atoms with van der Waals surface area (Å²) >= 11 is 0. The summed E-state index contributed by atoms with van der Waals surface area (Å²) in [7, 11) is 3.12. The van der Waals surface area contributed by atoms with Crippen LogP contribution in [0.2, 0.25) is 0 Å². The molecule has 6 heteroatoms. The maximum atomic E-state index is 12.2. The van der Waals surface area contributed by atoms with Gasteiger partial charge in [-0.25, -0.2) is 0 Å². The van der Waals surface area contributed by atoms with Gasteiger partial charge in [-0.2, -0.15) is 9.97 Å². The van der Waals surface area contributed by atoms with Crippen molar-refractivity contribution in [2.45, 2.75) is 20.3 Å². The quantitative estimate of drug-likeness (QED) is 0.917. The normalized spacial score (nSPS) is 10.2. The van der Waals surface area contributed by atoms with Gasteiger partial charge in [0.25, 0.3) is 0 Å². The number of anilines is 1. The average molecular weight is 301 g/mol. The Kier molecular flexibility index (Phi) is 4.93. The van der Waals surface area contributed by atoms with E-state index in [1.807, 2.05) is 24.3 Å². The highest BCUT2D eigenvalue weighted by Gasteiger charge is 2.12. The number of carbonyl (C=O) groups is 1. The van der Waals surface area contributed by atoms with E-state index in [9.17, 15) is 4.79 Å². The number of aromatic nitrogens is 2. The topological polar surface area (TPSA) is 73.3 Å². The Hall–Kier alpha value is -2.63. The van der Waals surface area contributed by atoms with Gasteiger partial charge in [-0.3, -0.25) is 4.79 Å². The van der Waals surface area contributed by atoms with Crippen molar-refractivity contribution in [3.8, 4) is 11.8 Å². The van der Waals surface area contributed by atoms with Crippen LogP contribution >= 0.6 is 0 Å². The van der Waals surface area contributed by atoms with Crippen molar-refractivity contribution in [1.29, 1.82) is 0 Å². The molecule has 0 saturated heterocycles. The molecule has 0 radical (unpaired) electrons. The SMILES string of the molecule is COc1ccc(CC(=O)Nc2c(C)nc(OC)nc2C)cc1. The summed E-state index contributed by atoms with van der Waals surface area (Å²) in [6.07, 6.45) is 0.273. The van der Waals surface area contributed by atoms with Crippen molar-refractivity contribution in [3.05, 3.63) is 41.2 Å². The third-order valence-electron chi connectivity index (χ3n) is 3.22. The van der Waals surface area contributed by atoms with E-state index in [4.69, 9.17) is 9.47 Å². The zero-order chi connectivity index (χ0) is 16.1. The molecule has 1 N–H and O–H groups in total. The lowest BCUT2D eigenvalue weighted by atomic mass is 10.1. The Labute approximate surface area is 129 Å². The molecule has 0 saturated carbocycles. The van der Waals surface area contributed by atoms with E-state index in [1.54, 1.807) is 21.0 Å². The zero-order valence-corrected chi connectivity index (χ0v) is 13.1. The second-order valence-electron chi connectivity index (χ2n) is 4.83. The number of hydrogen-bond acceptors (Lipinski definition) is 5. The van der Waals surface area contributed by atoms with Gasteiger partial charge in [-0.05, 0) is 31.5 Å². The zero-order valence-electron chi connectivity index (χ0n) is 13.1. The van der Waals surface area contributed by atoms with E-state index in [0.717, 1.165) is 11.3 Å². The van der Waals surface area contributed by atoms with Gasteiger partial charge in [0.2, 0.25) is 5.91 Å². The second-order valence-corrected chi connectivity index (χ2v) is 4.83. The maximum Gasteiger partial charge on any atom is 0.316 e. The van der Waals surface area contributed by atoms with Crippen LogP contribution in [0.3, 0.4) is 0 Å². The standard InChI is InChI=1S/C16H19N3O3/c1-10-15(11(2)18-16(17-10)22-4)19-14(20)9-12-5-7-13(21-3)8-6-12/h5-8H,9H2,1-4H3,(H,19,20). The molecule has 22 heavy (non-hydrogen) atoms. The maximum absolute atomic E-state index is 12.2. The van der Waals surface area contributed by atoms with Crippen molar-refractivity contribution < 1.29 is 14.3 Å². The van der Waals surface area contributed by atoms with E-state index < -0.39 is 0 Å². The molecule has 0 aliphatic heterocycles. The molecule has 0 bridgehead atoms. The molecular weight excluding hydrogens is 282 g/mol. The molecule has 1 aromatic carbocycles. The van der Waals surface area contributed by atoms with Crippen LogP contribution in [-0.4, -0.2) is 30.1 Å². The lowest BCUT2D eigenvalue weighted by Gasteiger charge is -2.11. The third kappa shape index (κ3) is 3.72. The number of amides is 1. The number of ether oxygens (including phenoxy) is 2. The number of nitrogens with one attached hydrogen (secondary N) is 1. The van der Waals surface area contributed by atoms with Crippen LogP contribution in [-0.2, 0) is 11.2 Å². The molecule has 0 fully saturated rings. The molecule has 116 valence electrons. The number of rotatable bonds is 5. The van der Waals surface area contributed by atoms with E-state index in [1.165, 1.54) is 7.11 Å². The van der Waals surface area contributed by atoms with Gasteiger partial charge < -0.3 is 14.8 Å². The highest BCUT2D eigenvalue weighted by atomic mass is 16.5. The molecule has 2 aromatic rings. The van der Waals surface area contributed by atoms with Crippen LogP contribution in [0, 0.1) is 13.8 Å². The summed E-state index contributed by atoms with van der Waals surface area (Å²) in [6.45, 7) is 3.61. The number of aryl methyl sites for hydroxylation is 2. The van der Waals surface area contributed by atoms with Crippen molar-refractivity contribution in [2.24, 2.45) is 0 Å². The average Bonchev–Trinajstić information content (AvgIpc) is 2.51. The lowest BCUT2D eigenvalue weighted by molar-refractivity contribution is -0.115. The largest absolute Gasteiger partial charge is 0.497 e. The molecule has 1 aromatic heterocycles. The van der Waals surface area contributed by atoms with Gasteiger partial charge in [0, 0.05) is 0 Å². The highest BCUT2D eigenvalue weighted by molar-refractivity contribution is 5.93. The summed E-state index contributed by atoms with van der Waals surface area (Å²) in [5, 5.41) is 2.86. The van der Waals surface area contributed by atoms with E-state index in [-0.39, 0.29) is 12.3 Å². The predicted molar refractivity (Wildman–Crippen MR) is 83.4 cm³/mol. The van der Waals surface area contributed by atoms with Crippen LogP contribution in [0.4, 0.5) is 5.69 Å². The molecule has 1 amide bonds. The van der Waals surface area contributed by atoms with Gasteiger partial charge in [0.15, 0.2) is 0 Å². The van der Waals surface area contributed by atoms with Gasteiger partial charge in [-0.1, -0.05) is 12.1 Å². The molecule has 0 spiro atoms. The van der Waals surface area contributed by atoms with Crippen LogP contribution in [0.5, 0.6) is 11.8 Å². The minimum absolute atomic E-state index is 0.120. The fourth-order valence-corrected chi connectivity index (χ4v) is 2.07. The van der Waals surface area contributed by atoms with E-state index in [0.29, 0.717) is 23.1 Å². The molecule has 0 aliphatic rings. The fourth-order valence-electron chi connectivity index (χ4n) is 2.07. The summed E-state index contributed by atoms with van der Waals surface area (Å²) < 4.78 is 10.1. The molecule has 2 rings (SSSR count). The van der Waals surface area contributed by atoms with Crippen molar-refractivity contribution in [2.75, 3.05) is 19.5 Å². The summed E-state index contributed by atoms with van der Waals surface area (Å²) in [5.74, 6) is 0.643. The third-order valence-corrected chi connectivity index (χ3v) is 3.22. The summed E-state index contributed by atoms with van der Waals surface area (Å²) in [5.41, 5.74) is 2.88. The van der Waals surface area contributed by atoms with Gasteiger partial charge >= 0.3 is 6.01 Å². The van der Waals surface area contributed by atoms with Crippen molar-refractivity contribution in [1.82, 2.24) is 9.97 Å². The van der Waals surface area contributed by atoms with Crippen LogP contribution in [0.1, 0.15) is 17.0 Å². The minimum atomic E-state index is -0.120. The first-order chi connectivity index (χ1) is 10.5. The Morgan fingerprint density at radius 1 is 1.05 bits per heavy atom. The second kappa shape index (κ2) is 6.89. The number of hydrogen-bond donors (Lipinski definition) is 1. The Balaban J connectivity index is 2.08. The highest BCUT2D eigenvalue weighted by Crippen LogP contribution is 2.20. The van der Waals surface area contributed by atoms with Crippen LogP contribution in [0.15, 0.2) is 24.3 Å². The summed E-state index contributed by atoms with van der Waals surface area (Å²) in [6, 6.07) is 7.68. The smallest absolute Gasteiger partial charge is 0.316 e. The van der Waals surface area contributed by atoms with Gasteiger partial charge in [0.1, 0.15) is 5.75 Å². The molecular formula is C16H19N3O3. The predicted octanol–water partition coefficient (Wildman–Crippen LogP) is 2.29. The fraction of sp³-hybridized carbons (Fsp3) is 0.312. The lowest BCUT2D eigenvalue weighted by Crippen LogP contribution is -2.17. The van der Waals surface area contributed by atoms with Crippen molar-refractivity contribution >= 4 is 11.6 Å². The van der Waals surface area contributed by atoms with E-state index >= 15 is 0 Å². The van der Waals surface area contributed by atoms with Crippen LogP contribution < -0.4 is 14.8 Å². The van der Waals surface area contributed by atoms with E-state index in [2.05, 4.69) is 15.3 Å². The van der Waals surface area contributed by atoms with Crippen molar-refractivity contribution in [3.63, 3.8) is 0 Å². The Morgan fingerprint density at radius 2 is 1.64 bits per heavy atom. The molecule has 1 heterocycles. The van der Waals surface area contributed by atoms with Crippen LogP contribution in [0.25, 0.3) is 0 Å². The first kappa shape index (κ1) is 15.8. The number of benzene rings is 1. The molecule has 6 nitrogen and oxygen atoms in total. The number of methoxy groups -OCH3 is 2. The Morgan fingerprint density at radius 3 is 2.14 bits per heavy atom. The number of nitrogens with zero attached hydrogens (tertiary/aromatic N) is 2. The molecule has 0 unspecified atom stereocenters. The Bertz CT molecular complexity index is 646.